The first-order valence-corrected chi connectivity index (χ1v) is 8.48. The van der Waals surface area contributed by atoms with Gasteiger partial charge < -0.3 is 9.66 Å². The Kier molecular flexibility index (Phi) is 7.50. The highest BCUT2D eigenvalue weighted by atomic mass is 32.2. The van der Waals surface area contributed by atoms with Gasteiger partial charge in [0, 0.05) is 6.42 Å². The molecule has 1 unspecified atom stereocenters. The molecule has 0 fully saturated rings. The summed E-state index contributed by atoms with van der Waals surface area (Å²) in [5.41, 5.74) is -1.26. The number of rotatable bonds is 7. The normalized spacial score (nSPS) is 18.7. The van der Waals surface area contributed by atoms with Crippen LogP contribution in [0.2, 0.25) is 0 Å². The van der Waals surface area contributed by atoms with E-state index in [0.717, 1.165) is 19.3 Å². The third kappa shape index (κ3) is 5.02. The Morgan fingerprint density at radius 3 is 1.95 bits per heavy atom. The maximum atomic E-state index is 12.8. The van der Waals surface area contributed by atoms with Crippen LogP contribution in [-0.4, -0.2) is 25.3 Å². The van der Waals surface area contributed by atoms with E-state index in [1.54, 1.807) is 0 Å². The molecule has 0 aromatic carbocycles. The zero-order valence-electron chi connectivity index (χ0n) is 13.3. The van der Waals surface area contributed by atoms with Crippen LogP contribution in [0.5, 0.6) is 0 Å². The van der Waals surface area contributed by atoms with Crippen LogP contribution in [0.15, 0.2) is 0 Å². The predicted molar refractivity (Wildman–Crippen MR) is 84.4 cm³/mol. The molecule has 0 aliphatic carbocycles. The summed E-state index contributed by atoms with van der Waals surface area (Å²) in [6.45, 7) is 11.9. The highest BCUT2D eigenvalue weighted by molar-refractivity contribution is 7.93. The van der Waals surface area contributed by atoms with Crippen LogP contribution in [0.1, 0.15) is 67.2 Å². The van der Waals surface area contributed by atoms with Crippen LogP contribution in [0.3, 0.4) is 0 Å². The summed E-state index contributed by atoms with van der Waals surface area (Å²) >= 11 is -1.16. The summed E-state index contributed by atoms with van der Waals surface area (Å²) in [6, 6.07) is 0. The summed E-state index contributed by atoms with van der Waals surface area (Å²) in [4.78, 5) is 0. The number of terminal acetylenes is 1. The van der Waals surface area contributed by atoms with Crippen molar-refractivity contribution in [1.82, 2.24) is 0 Å². The van der Waals surface area contributed by atoms with E-state index in [2.05, 4.69) is 19.8 Å². The zero-order chi connectivity index (χ0) is 15.3. The largest absolute Gasteiger partial charge is 0.616 e. The Morgan fingerprint density at radius 2 is 1.68 bits per heavy atom. The SMILES string of the molecule is C#C[C@@](O)(CC)C(CC(CC)CC)[S@@+]([O-])C(C)(C)C. The molecule has 0 aromatic rings. The second-order valence-electron chi connectivity index (χ2n) is 6.24. The second kappa shape index (κ2) is 7.57. The summed E-state index contributed by atoms with van der Waals surface area (Å²) in [6.07, 6.45) is 8.74. The Labute approximate surface area is 122 Å². The van der Waals surface area contributed by atoms with Crippen LogP contribution < -0.4 is 0 Å². The van der Waals surface area contributed by atoms with Crippen LogP contribution >= 0.6 is 0 Å². The smallest absolute Gasteiger partial charge is 0.172 e. The van der Waals surface area contributed by atoms with E-state index < -0.39 is 16.8 Å². The van der Waals surface area contributed by atoms with E-state index in [1.165, 1.54) is 0 Å². The van der Waals surface area contributed by atoms with Gasteiger partial charge in [0.2, 0.25) is 0 Å². The summed E-state index contributed by atoms with van der Waals surface area (Å²) in [5.74, 6) is 2.96. The maximum absolute atomic E-state index is 12.8. The van der Waals surface area contributed by atoms with E-state index in [1.807, 2.05) is 27.7 Å². The standard InChI is InChI=1S/C16H30O2S/c1-8-13(9-2)12-14(16(17,10-3)11-4)19(18)15(5,6)7/h3,13-14,17H,8-9,11-12H2,1-2,4-7H3/t14?,16-,19-/m1/s1. The van der Waals surface area contributed by atoms with Crippen molar-refractivity contribution in [3.8, 4) is 12.3 Å². The quantitative estimate of drug-likeness (QED) is 0.575. The average Bonchev–Trinajstić information content (AvgIpc) is 2.37. The van der Waals surface area contributed by atoms with Gasteiger partial charge in [-0.3, -0.25) is 0 Å². The highest BCUT2D eigenvalue weighted by Gasteiger charge is 2.47. The van der Waals surface area contributed by atoms with Gasteiger partial charge in [0.1, 0.15) is 4.75 Å². The first-order chi connectivity index (χ1) is 8.66. The van der Waals surface area contributed by atoms with Crippen LogP contribution in [-0.2, 0) is 11.2 Å². The van der Waals surface area contributed by atoms with Crippen molar-refractivity contribution < 1.29 is 9.66 Å². The minimum Gasteiger partial charge on any atom is -0.616 e. The van der Waals surface area contributed by atoms with E-state index in [0.29, 0.717) is 12.3 Å². The molecule has 0 spiro atoms. The number of hydrogen-bond acceptors (Lipinski definition) is 2. The first-order valence-electron chi connectivity index (χ1n) is 7.27. The zero-order valence-corrected chi connectivity index (χ0v) is 14.1. The Bertz CT molecular complexity index is 299. The topological polar surface area (TPSA) is 43.3 Å². The fraction of sp³-hybridized carbons (Fsp3) is 0.875. The average molecular weight is 286 g/mol. The summed E-state index contributed by atoms with van der Waals surface area (Å²) in [7, 11) is 0. The Morgan fingerprint density at radius 1 is 1.21 bits per heavy atom. The van der Waals surface area contributed by atoms with E-state index in [-0.39, 0.29) is 10.00 Å². The maximum Gasteiger partial charge on any atom is 0.172 e. The highest BCUT2D eigenvalue weighted by Crippen LogP contribution is 2.35. The van der Waals surface area contributed by atoms with Crippen molar-refractivity contribution in [2.45, 2.75) is 82.8 Å². The Hall–Kier alpha value is -0.170. The van der Waals surface area contributed by atoms with Gasteiger partial charge >= 0.3 is 0 Å². The van der Waals surface area contributed by atoms with Crippen molar-refractivity contribution in [2.24, 2.45) is 5.92 Å². The summed E-state index contributed by atoms with van der Waals surface area (Å²) in [5, 5.41) is 10.3. The Balaban J connectivity index is 5.32. The summed E-state index contributed by atoms with van der Waals surface area (Å²) < 4.78 is 12.4. The lowest BCUT2D eigenvalue weighted by atomic mass is 9.88. The van der Waals surface area contributed by atoms with Gasteiger partial charge in [-0.1, -0.05) is 39.5 Å². The fourth-order valence-corrected chi connectivity index (χ4v) is 4.12. The molecule has 3 heteroatoms. The fourth-order valence-electron chi connectivity index (χ4n) is 2.23. The molecule has 0 radical (unpaired) electrons. The lowest BCUT2D eigenvalue weighted by molar-refractivity contribution is 0.0821. The van der Waals surface area contributed by atoms with Gasteiger partial charge in [0.05, 0.1) is 0 Å². The molecule has 112 valence electrons. The van der Waals surface area contributed by atoms with Crippen molar-refractivity contribution in [3.63, 3.8) is 0 Å². The number of aliphatic hydroxyl groups is 1. The van der Waals surface area contributed by atoms with Crippen LogP contribution in [0.4, 0.5) is 0 Å². The molecule has 0 aliphatic rings. The molecule has 0 saturated heterocycles. The predicted octanol–water partition coefficient (Wildman–Crippen LogP) is 3.50. The van der Waals surface area contributed by atoms with E-state index in [4.69, 9.17) is 6.42 Å². The minimum absolute atomic E-state index is 0.354. The number of hydrogen-bond donors (Lipinski definition) is 1. The van der Waals surface area contributed by atoms with Gasteiger partial charge in [-0.15, -0.1) is 6.42 Å². The van der Waals surface area contributed by atoms with Gasteiger partial charge in [0.25, 0.3) is 0 Å². The molecular weight excluding hydrogens is 256 g/mol. The minimum atomic E-state index is -1.26. The molecule has 3 atom stereocenters. The first kappa shape index (κ1) is 18.8. The molecule has 0 rings (SSSR count). The van der Waals surface area contributed by atoms with E-state index in [9.17, 15) is 9.66 Å². The molecule has 0 aromatic heterocycles. The van der Waals surface area contributed by atoms with Crippen molar-refractivity contribution in [1.29, 1.82) is 0 Å². The molecule has 0 amide bonds. The third-order valence-electron chi connectivity index (χ3n) is 3.89. The lowest BCUT2D eigenvalue weighted by Gasteiger charge is -2.39. The van der Waals surface area contributed by atoms with Crippen molar-refractivity contribution >= 4 is 11.2 Å². The van der Waals surface area contributed by atoms with Gasteiger partial charge in [-0.2, -0.15) is 0 Å². The molecular formula is C16H30O2S. The van der Waals surface area contributed by atoms with Crippen LogP contribution in [0.25, 0.3) is 0 Å². The molecule has 19 heavy (non-hydrogen) atoms. The van der Waals surface area contributed by atoms with Crippen molar-refractivity contribution in [2.75, 3.05) is 0 Å². The molecule has 1 N–H and O–H groups in total. The van der Waals surface area contributed by atoms with Gasteiger partial charge in [-0.05, 0) is 44.3 Å². The molecule has 0 aliphatic heterocycles. The molecule has 0 heterocycles. The lowest BCUT2D eigenvalue weighted by Crippen LogP contribution is -2.51. The second-order valence-corrected chi connectivity index (χ2v) is 8.63. The monoisotopic (exact) mass is 286 g/mol. The molecule has 0 bridgehead atoms. The third-order valence-corrected chi connectivity index (χ3v) is 6.19. The van der Waals surface area contributed by atoms with Gasteiger partial charge in [-0.25, -0.2) is 0 Å². The van der Waals surface area contributed by atoms with Crippen molar-refractivity contribution in [3.05, 3.63) is 0 Å². The van der Waals surface area contributed by atoms with Gasteiger partial charge in [0.15, 0.2) is 10.9 Å². The van der Waals surface area contributed by atoms with Crippen LogP contribution in [0, 0.1) is 18.3 Å². The molecule has 0 saturated carbocycles. The van der Waals surface area contributed by atoms with E-state index >= 15 is 0 Å². The molecule has 2 nitrogen and oxygen atoms in total.